The highest BCUT2D eigenvalue weighted by Crippen LogP contribution is 2.15. The van der Waals surface area contributed by atoms with E-state index in [1.807, 2.05) is 30.9 Å². The first-order valence-corrected chi connectivity index (χ1v) is 9.88. The van der Waals surface area contributed by atoms with Crippen LogP contribution in [0, 0.1) is 0 Å². The van der Waals surface area contributed by atoms with Gasteiger partial charge >= 0.3 is 6.03 Å². The van der Waals surface area contributed by atoms with Crippen molar-refractivity contribution in [1.82, 2.24) is 9.80 Å². The SMILES string of the molecule is CN(C(=O)Nc1ccc(CCN2CCSCC2)cc1)C1CCOC1. The first kappa shape index (κ1) is 17.6. The lowest BCUT2D eigenvalue weighted by Crippen LogP contribution is -2.40. The number of amides is 2. The van der Waals surface area contributed by atoms with E-state index in [0.29, 0.717) is 6.61 Å². The summed E-state index contributed by atoms with van der Waals surface area (Å²) in [6.45, 7) is 4.91. The Morgan fingerprint density at radius 1 is 1.33 bits per heavy atom. The number of hydrogen-bond donors (Lipinski definition) is 1. The Kier molecular flexibility index (Phi) is 6.40. The maximum Gasteiger partial charge on any atom is 0.321 e. The number of ether oxygens (including phenoxy) is 1. The van der Waals surface area contributed by atoms with Crippen LogP contribution in [0.3, 0.4) is 0 Å². The van der Waals surface area contributed by atoms with E-state index in [1.165, 1.54) is 30.2 Å². The third-order valence-electron chi connectivity index (χ3n) is 4.80. The fraction of sp³-hybridized carbons (Fsp3) is 0.611. The Labute approximate surface area is 148 Å². The highest BCUT2D eigenvalue weighted by Gasteiger charge is 2.24. The summed E-state index contributed by atoms with van der Waals surface area (Å²) in [5.74, 6) is 2.51. The van der Waals surface area contributed by atoms with E-state index in [-0.39, 0.29) is 12.1 Å². The summed E-state index contributed by atoms with van der Waals surface area (Å²) in [7, 11) is 1.83. The summed E-state index contributed by atoms with van der Waals surface area (Å²) in [4.78, 5) is 16.5. The van der Waals surface area contributed by atoms with Crippen LogP contribution >= 0.6 is 11.8 Å². The molecule has 2 saturated heterocycles. The second-order valence-corrected chi connectivity index (χ2v) is 7.68. The minimum Gasteiger partial charge on any atom is -0.379 e. The number of urea groups is 1. The van der Waals surface area contributed by atoms with Crippen molar-refractivity contribution in [3.05, 3.63) is 29.8 Å². The van der Waals surface area contributed by atoms with Crippen LogP contribution in [0.4, 0.5) is 10.5 Å². The molecule has 3 rings (SSSR count). The number of rotatable bonds is 5. The number of benzene rings is 1. The van der Waals surface area contributed by atoms with Crippen molar-refractivity contribution >= 4 is 23.5 Å². The van der Waals surface area contributed by atoms with Gasteiger partial charge in [0.05, 0.1) is 12.6 Å². The second kappa shape index (κ2) is 8.74. The number of thioether (sulfide) groups is 1. The molecule has 0 spiro atoms. The van der Waals surface area contributed by atoms with Gasteiger partial charge in [0.15, 0.2) is 0 Å². The van der Waals surface area contributed by atoms with Crippen molar-refractivity contribution in [1.29, 1.82) is 0 Å². The molecule has 132 valence electrons. The predicted octanol–water partition coefficient (Wildman–Crippen LogP) is 2.53. The first-order chi connectivity index (χ1) is 11.7. The number of carbonyl (C=O) groups is 1. The van der Waals surface area contributed by atoms with Gasteiger partial charge in [0, 0.05) is 50.5 Å². The summed E-state index contributed by atoms with van der Waals surface area (Å²) in [5.41, 5.74) is 2.17. The third-order valence-corrected chi connectivity index (χ3v) is 5.74. The number of likely N-dealkylation sites (N-methyl/N-ethyl adjacent to an activating group) is 1. The fourth-order valence-electron chi connectivity index (χ4n) is 3.07. The zero-order valence-electron chi connectivity index (χ0n) is 14.4. The van der Waals surface area contributed by atoms with Gasteiger partial charge < -0.3 is 19.9 Å². The maximum atomic E-state index is 12.3. The van der Waals surface area contributed by atoms with E-state index in [4.69, 9.17) is 4.74 Å². The van der Waals surface area contributed by atoms with Gasteiger partial charge in [-0.2, -0.15) is 11.8 Å². The Bertz CT molecular complexity index is 526. The van der Waals surface area contributed by atoms with Crippen molar-refractivity contribution in [2.45, 2.75) is 18.9 Å². The molecule has 2 heterocycles. The van der Waals surface area contributed by atoms with Gasteiger partial charge in [0.25, 0.3) is 0 Å². The predicted molar refractivity (Wildman–Crippen MR) is 99.9 cm³/mol. The van der Waals surface area contributed by atoms with Crippen LogP contribution in [0.5, 0.6) is 0 Å². The highest BCUT2D eigenvalue weighted by atomic mass is 32.2. The minimum absolute atomic E-state index is 0.0657. The molecule has 1 aromatic rings. The summed E-state index contributed by atoms with van der Waals surface area (Å²) in [5, 5.41) is 2.97. The largest absolute Gasteiger partial charge is 0.379 e. The molecule has 0 radical (unpaired) electrons. The zero-order chi connectivity index (χ0) is 16.8. The van der Waals surface area contributed by atoms with Crippen LogP contribution in [-0.2, 0) is 11.2 Å². The average molecular weight is 350 g/mol. The zero-order valence-corrected chi connectivity index (χ0v) is 15.2. The second-order valence-electron chi connectivity index (χ2n) is 6.46. The molecule has 24 heavy (non-hydrogen) atoms. The number of hydrogen-bond acceptors (Lipinski definition) is 4. The Morgan fingerprint density at radius 3 is 2.75 bits per heavy atom. The van der Waals surface area contributed by atoms with Crippen molar-refractivity contribution in [3.8, 4) is 0 Å². The molecule has 1 atom stereocenters. The molecule has 1 unspecified atom stereocenters. The number of nitrogens with one attached hydrogen (secondary N) is 1. The van der Waals surface area contributed by atoms with Gasteiger partial charge in [-0.1, -0.05) is 12.1 Å². The maximum absolute atomic E-state index is 12.3. The minimum atomic E-state index is -0.0657. The molecule has 2 amide bonds. The standard InChI is InChI=1S/C18H27N3O2S/c1-20(17-7-11-23-14-17)18(22)19-16-4-2-15(3-5-16)6-8-21-9-12-24-13-10-21/h2-5,17H,6-14H2,1H3,(H,19,22). The molecule has 0 aliphatic carbocycles. The van der Waals surface area contributed by atoms with Gasteiger partial charge in [-0.25, -0.2) is 4.79 Å². The van der Waals surface area contributed by atoms with E-state index in [1.54, 1.807) is 4.90 Å². The smallest absolute Gasteiger partial charge is 0.321 e. The molecule has 0 saturated carbocycles. The van der Waals surface area contributed by atoms with E-state index in [2.05, 4.69) is 22.3 Å². The molecule has 6 heteroatoms. The van der Waals surface area contributed by atoms with Gasteiger partial charge in [-0.05, 0) is 30.5 Å². The van der Waals surface area contributed by atoms with Crippen LogP contribution in [0.1, 0.15) is 12.0 Å². The lowest BCUT2D eigenvalue weighted by molar-refractivity contribution is 0.164. The summed E-state index contributed by atoms with van der Waals surface area (Å²) < 4.78 is 5.34. The molecule has 2 aliphatic rings. The first-order valence-electron chi connectivity index (χ1n) is 8.73. The number of anilines is 1. The average Bonchev–Trinajstić information content (AvgIpc) is 3.16. The number of carbonyl (C=O) groups excluding carboxylic acids is 1. The van der Waals surface area contributed by atoms with Crippen molar-refractivity contribution in [2.75, 3.05) is 56.7 Å². The van der Waals surface area contributed by atoms with E-state index in [9.17, 15) is 4.79 Å². The molecule has 0 aromatic heterocycles. The van der Waals surface area contributed by atoms with Crippen LogP contribution in [-0.4, -0.2) is 73.3 Å². The van der Waals surface area contributed by atoms with Gasteiger partial charge in [0.1, 0.15) is 0 Å². The van der Waals surface area contributed by atoms with Crippen molar-refractivity contribution in [2.24, 2.45) is 0 Å². The molecule has 2 fully saturated rings. The Morgan fingerprint density at radius 2 is 2.08 bits per heavy atom. The van der Waals surface area contributed by atoms with Gasteiger partial charge in [-0.3, -0.25) is 0 Å². The Hall–Kier alpha value is -1.24. The molecule has 2 aliphatic heterocycles. The third kappa shape index (κ3) is 4.88. The quantitative estimate of drug-likeness (QED) is 0.887. The topological polar surface area (TPSA) is 44.8 Å². The van der Waals surface area contributed by atoms with E-state index >= 15 is 0 Å². The number of nitrogens with zero attached hydrogens (tertiary/aromatic N) is 2. The van der Waals surface area contributed by atoms with E-state index < -0.39 is 0 Å². The van der Waals surface area contributed by atoms with Crippen molar-refractivity contribution < 1.29 is 9.53 Å². The summed E-state index contributed by atoms with van der Waals surface area (Å²) in [6, 6.07) is 8.35. The van der Waals surface area contributed by atoms with Crippen LogP contribution < -0.4 is 5.32 Å². The molecule has 1 aromatic carbocycles. The van der Waals surface area contributed by atoms with Crippen molar-refractivity contribution in [3.63, 3.8) is 0 Å². The molecule has 5 nitrogen and oxygen atoms in total. The lowest BCUT2D eigenvalue weighted by atomic mass is 10.1. The normalized spacial score (nSPS) is 21.6. The molecule has 1 N–H and O–H groups in total. The van der Waals surface area contributed by atoms with Crippen LogP contribution in [0.15, 0.2) is 24.3 Å². The molecule has 0 bridgehead atoms. The van der Waals surface area contributed by atoms with Crippen LogP contribution in [0.2, 0.25) is 0 Å². The monoisotopic (exact) mass is 349 g/mol. The summed E-state index contributed by atoms with van der Waals surface area (Å²) in [6.07, 6.45) is 1.98. The summed E-state index contributed by atoms with van der Waals surface area (Å²) >= 11 is 2.05. The van der Waals surface area contributed by atoms with Crippen LogP contribution in [0.25, 0.3) is 0 Å². The molecular formula is C18H27N3O2S. The lowest BCUT2D eigenvalue weighted by Gasteiger charge is -2.26. The highest BCUT2D eigenvalue weighted by molar-refractivity contribution is 7.99. The molecular weight excluding hydrogens is 322 g/mol. The Balaban J connectivity index is 1.46. The fourth-order valence-corrected chi connectivity index (χ4v) is 4.05. The van der Waals surface area contributed by atoms with Gasteiger partial charge in [0.2, 0.25) is 0 Å². The van der Waals surface area contributed by atoms with Gasteiger partial charge in [-0.15, -0.1) is 0 Å². The van der Waals surface area contributed by atoms with E-state index in [0.717, 1.165) is 31.7 Å².